The summed E-state index contributed by atoms with van der Waals surface area (Å²) in [4.78, 5) is 14.0. The summed E-state index contributed by atoms with van der Waals surface area (Å²) < 4.78 is 18.7. The third-order valence-corrected chi connectivity index (χ3v) is 4.14. The maximum atomic E-state index is 13.6. The first-order chi connectivity index (χ1) is 11.0. The number of hydrogen-bond donors (Lipinski definition) is 0. The largest absolute Gasteiger partial charge is 0.497 e. The monoisotopic (exact) mass is 315 g/mol. The van der Waals surface area contributed by atoms with Gasteiger partial charge in [-0.05, 0) is 42.7 Å². The van der Waals surface area contributed by atoms with Gasteiger partial charge in [0.1, 0.15) is 11.6 Å². The molecule has 122 valence electrons. The van der Waals surface area contributed by atoms with E-state index in [1.54, 1.807) is 37.3 Å². The Balaban J connectivity index is 1.96. The lowest BCUT2D eigenvalue weighted by atomic mass is 10.1. The summed E-state index contributed by atoms with van der Waals surface area (Å²) >= 11 is 0. The summed E-state index contributed by atoms with van der Waals surface area (Å²) in [7, 11) is 3.40. The highest BCUT2D eigenvalue weighted by molar-refractivity contribution is 5.76. The van der Waals surface area contributed by atoms with Gasteiger partial charge in [0.05, 0.1) is 13.2 Å². The van der Waals surface area contributed by atoms with Crippen molar-refractivity contribution < 1.29 is 13.9 Å². The molecule has 0 saturated carbocycles. The van der Waals surface area contributed by atoms with Crippen molar-refractivity contribution in [3.8, 4) is 5.75 Å². The van der Waals surface area contributed by atoms with Gasteiger partial charge in [0.2, 0.25) is 5.91 Å². The minimum atomic E-state index is -0.258. The Bertz CT molecular complexity index is 655. The molecule has 0 fully saturated rings. The van der Waals surface area contributed by atoms with Crippen LogP contribution in [0.5, 0.6) is 5.75 Å². The maximum absolute atomic E-state index is 13.6. The Hall–Kier alpha value is -2.36. The molecule has 0 spiro atoms. The molecule has 0 radical (unpaired) electrons. The van der Waals surface area contributed by atoms with Gasteiger partial charge in [-0.2, -0.15) is 0 Å². The van der Waals surface area contributed by atoms with Crippen LogP contribution in [-0.4, -0.2) is 25.0 Å². The highest BCUT2D eigenvalue weighted by Gasteiger charge is 2.17. The van der Waals surface area contributed by atoms with Gasteiger partial charge < -0.3 is 9.64 Å². The predicted octanol–water partition coefficient (Wildman–Crippen LogP) is 3.99. The Labute approximate surface area is 136 Å². The van der Waals surface area contributed by atoms with Crippen molar-refractivity contribution in [2.24, 2.45) is 0 Å². The quantitative estimate of drug-likeness (QED) is 0.807. The average Bonchev–Trinajstić information content (AvgIpc) is 2.59. The fourth-order valence-corrected chi connectivity index (χ4v) is 2.44. The lowest BCUT2D eigenvalue weighted by Gasteiger charge is -2.25. The van der Waals surface area contributed by atoms with Crippen LogP contribution in [0.1, 0.15) is 30.5 Å². The summed E-state index contributed by atoms with van der Waals surface area (Å²) in [6.45, 7) is 1.98. The number of hydrogen-bond acceptors (Lipinski definition) is 2. The van der Waals surface area contributed by atoms with Crippen LogP contribution in [0.2, 0.25) is 0 Å². The van der Waals surface area contributed by atoms with E-state index in [1.807, 2.05) is 31.2 Å². The van der Waals surface area contributed by atoms with Gasteiger partial charge in [-0.25, -0.2) is 4.39 Å². The SMILES string of the molecule is COc1ccc(C(C)N(C)C(=O)CCc2ccccc2F)cc1. The molecule has 0 aromatic heterocycles. The van der Waals surface area contributed by atoms with Crippen molar-refractivity contribution in [1.82, 2.24) is 4.90 Å². The highest BCUT2D eigenvalue weighted by atomic mass is 19.1. The van der Waals surface area contributed by atoms with Crippen LogP contribution >= 0.6 is 0 Å². The summed E-state index contributed by atoms with van der Waals surface area (Å²) in [5.41, 5.74) is 1.61. The predicted molar refractivity (Wildman–Crippen MR) is 88.9 cm³/mol. The van der Waals surface area contributed by atoms with Crippen molar-refractivity contribution in [1.29, 1.82) is 0 Å². The third-order valence-electron chi connectivity index (χ3n) is 4.14. The molecule has 23 heavy (non-hydrogen) atoms. The Morgan fingerprint density at radius 2 is 1.83 bits per heavy atom. The number of benzene rings is 2. The minimum absolute atomic E-state index is 0.00317. The van der Waals surface area contributed by atoms with E-state index < -0.39 is 0 Å². The molecule has 2 aromatic rings. The first-order valence-electron chi connectivity index (χ1n) is 7.66. The van der Waals surface area contributed by atoms with Crippen LogP contribution < -0.4 is 4.74 Å². The Kier molecular flexibility index (Phi) is 5.74. The molecule has 0 bridgehead atoms. The topological polar surface area (TPSA) is 29.5 Å². The number of rotatable bonds is 6. The normalized spacial score (nSPS) is 11.8. The van der Waals surface area contributed by atoms with E-state index >= 15 is 0 Å². The number of halogens is 1. The number of nitrogens with zero attached hydrogens (tertiary/aromatic N) is 1. The second kappa shape index (κ2) is 7.77. The smallest absolute Gasteiger partial charge is 0.223 e. The minimum Gasteiger partial charge on any atom is -0.497 e. The number of ether oxygens (including phenoxy) is 1. The third kappa shape index (κ3) is 4.31. The van der Waals surface area contributed by atoms with Crippen LogP contribution in [0.4, 0.5) is 4.39 Å². The van der Waals surface area contributed by atoms with Crippen LogP contribution in [0.25, 0.3) is 0 Å². The lowest BCUT2D eigenvalue weighted by Crippen LogP contribution is -2.29. The second-order valence-electron chi connectivity index (χ2n) is 5.55. The molecule has 1 atom stereocenters. The molecule has 2 aromatic carbocycles. The van der Waals surface area contributed by atoms with Gasteiger partial charge in [-0.1, -0.05) is 30.3 Å². The van der Waals surface area contributed by atoms with Crippen LogP contribution in [-0.2, 0) is 11.2 Å². The molecule has 0 N–H and O–H groups in total. The standard InChI is InChI=1S/C19H22FNO2/c1-14(15-8-11-17(23-3)12-9-15)21(2)19(22)13-10-16-6-4-5-7-18(16)20/h4-9,11-12,14H,10,13H2,1-3H3. The first-order valence-corrected chi connectivity index (χ1v) is 7.66. The van der Waals surface area contributed by atoms with Crippen molar-refractivity contribution in [3.63, 3.8) is 0 Å². The summed E-state index contributed by atoms with van der Waals surface area (Å²) in [5.74, 6) is 0.525. The first kappa shape index (κ1) is 17.0. The van der Waals surface area contributed by atoms with E-state index in [4.69, 9.17) is 4.74 Å². The van der Waals surface area contributed by atoms with Crippen LogP contribution in [0.3, 0.4) is 0 Å². The van der Waals surface area contributed by atoms with E-state index in [0.29, 0.717) is 12.0 Å². The van der Waals surface area contributed by atoms with E-state index in [9.17, 15) is 9.18 Å². The fraction of sp³-hybridized carbons (Fsp3) is 0.316. The number of carbonyl (C=O) groups excluding carboxylic acids is 1. The number of methoxy groups -OCH3 is 1. The highest BCUT2D eigenvalue weighted by Crippen LogP contribution is 2.22. The second-order valence-corrected chi connectivity index (χ2v) is 5.55. The molecular weight excluding hydrogens is 293 g/mol. The summed E-state index contributed by atoms with van der Waals surface area (Å²) in [6.07, 6.45) is 0.698. The molecule has 4 heteroatoms. The van der Waals surface area contributed by atoms with E-state index in [0.717, 1.165) is 11.3 Å². The van der Waals surface area contributed by atoms with Gasteiger partial charge in [0.25, 0.3) is 0 Å². The number of amides is 1. The molecule has 0 heterocycles. The Morgan fingerprint density at radius 1 is 1.17 bits per heavy atom. The number of aryl methyl sites for hydroxylation is 1. The van der Waals surface area contributed by atoms with Gasteiger partial charge in [-0.15, -0.1) is 0 Å². The summed E-state index contributed by atoms with van der Waals surface area (Å²) in [5, 5.41) is 0. The molecule has 0 saturated heterocycles. The molecular formula is C19H22FNO2. The molecule has 1 unspecified atom stereocenters. The molecule has 0 aliphatic carbocycles. The summed E-state index contributed by atoms with van der Waals surface area (Å²) in [6, 6.07) is 14.2. The molecule has 1 amide bonds. The van der Waals surface area contributed by atoms with Crippen molar-refractivity contribution in [3.05, 3.63) is 65.5 Å². The molecule has 0 aliphatic rings. The van der Waals surface area contributed by atoms with Gasteiger partial charge >= 0.3 is 0 Å². The van der Waals surface area contributed by atoms with E-state index in [-0.39, 0.29) is 24.2 Å². The molecule has 3 nitrogen and oxygen atoms in total. The van der Waals surface area contributed by atoms with Crippen molar-refractivity contribution in [2.45, 2.75) is 25.8 Å². The van der Waals surface area contributed by atoms with Gasteiger partial charge in [-0.3, -0.25) is 4.79 Å². The Morgan fingerprint density at radius 3 is 2.43 bits per heavy atom. The molecule has 0 aliphatic heterocycles. The lowest BCUT2D eigenvalue weighted by molar-refractivity contribution is -0.131. The zero-order chi connectivity index (χ0) is 16.8. The van der Waals surface area contributed by atoms with Crippen LogP contribution in [0.15, 0.2) is 48.5 Å². The average molecular weight is 315 g/mol. The fourth-order valence-electron chi connectivity index (χ4n) is 2.44. The van der Waals surface area contributed by atoms with Crippen LogP contribution in [0, 0.1) is 5.82 Å². The van der Waals surface area contributed by atoms with Crippen molar-refractivity contribution >= 4 is 5.91 Å². The van der Waals surface area contributed by atoms with Gasteiger partial charge in [0, 0.05) is 13.5 Å². The zero-order valence-electron chi connectivity index (χ0n) is 13.8. The maximum Gasteiger partial charge on any atom is 0.223 e. The molecule has 2 rings (SSSR count). The zero-order valence-corrected chi connectivity index (χ0v) is 13.8. The van der Waals surface area contributed by atoms with E-state index in [2.05, 4.69) is 0 Å². The van der Waals surface area contributed by atoms with E-state index in [1.165, 1.54) is 6.07 Å². The number of carbonyl (C=O) groups is 1. The van der Waals surface area contributed by atoms with Gasteiger partial charge in [0.15, 0.2) is 0 Å². The van der Waals surface area contributed by atoms with Crippen molar-refractivity contribution in [2.75, 3.05) is 14.2 Å².